The average Bonchev–Trinajstić information content (AvgIpc) is 2.76. The largest absolute Gasteiger partial charge is 0.506 e. The molecule has 0 aliphatic heterocycles. The Morgan fingerprint density at radius 1 is 1.00 bits per heavy atom. The highest BCUT2D eigenvalue weighted by Gasteiger charge is 2.13. The van der Waals surface area contributed by atoms with Gasteiger partial charge >= 0.3 is 0 Å². The highest BCUT2D eigenvalue weighted by Crippen LogP contribution is 2.30. The lowest BCUT2D eigenvalue weighted by Gasteiger charge is -2.09. The molecule has 0 fully saturated rings. The summed E-state index contributed by atoms with van der Waals surface area (Å²) >= 11 is 6.64. The molecule has 7 heteroatoms. The molecule has 4 aromatic rings. The van der Waals surface area contributed by atoms with Crippen LogP contribution in [0.2, 0.25) is 0 Å². The third-order valence-electron chi connectivity index (χ3n) is 4.46. The van der Waals surface area contributed by atoms with Crippen LogP contribution >= 0.6 is 31.9 Å². The Hall–Kier alpha value is -3.03. The molecular weight excluding hydrogens is 510 g/mol. The number of hydrogen-bond donors (Lipinski definition) is 2. The van der Waals surface area contributed by atoms with E-state index in [1.54, 1.807) is 18.2 Å². The zero-order valence-electron chi connectivity index (χ0n) is 15.5. The van der Waals surface area contributed by atoms with Gasteiger partial charge in [-0.3, -0.25) is 4.79 Å². The minimum absolute atomic E-state index is 0.0388. The molecular formula is C23H15Br2N3O2. The highest BCUT2D eigenvalue weighted by atomic mass is 79.9. The molecule has 1 aromatic heterocycles. The van der Waals surface area contributed by atoms with Crippen molar-refractivity contribution in [2.45, 2.75) is 0 Å². The number of para-hydroxylation sites is 1. The number of hydrogen-bond acceptors (Lipinski definition) is 4. The fraction of sp³-hybridized carbons (Fsp3) is 0. The smallest absolute Gasteiger partial charge is 0.272 e. The number of benzene rings is 3. The van der Waals surface area contributed by atoms with Gasteiger partial charge < -0.3 is 5.11 Å². The summed E-state index contributed by atoms with van der Waals surface area (Å²) in [5.41, 5.74) is 5.82. The number of nitrogens with one attached hydrogen (secondary N) is 1. The molecule has 0 saturated heterocycles. The molecule has 148 valence electrons. The van der Waals surface area contributed by atoms with E-state index in [0.29, 0.717) is 21.3 Å². The van der Waals surface area contributed by atoms with Crippen molar-refractivity contribution >= 4 is 54.9 Å². The number of aromatic hydroxyl groups is 1. The van der Waals surface area contributed by atoms with Gasteiger partial charge in [-0.2, -0.15) is 5.10 Å². The first-order valence-corrected chi connectivity index (χ1v) is 10.6. The summed E-state index contributed by atoms with van der Waals surface area (Å²) in [6.45, 7) is 0. The summed E-state index contributed by atoms with van der Waals surface area (Å²) in [5.74, 6) is -0.326. The standard InChI is InChI=1S/C23H15Br2N3O2/c24-16-10-15(22(29)19(25)11-16)13-26-28-23(30)18-12-21(14-6-2-1-3-7-14)27-20-9-5-4-8-17(18)20/h1-13,29H,(H,28,30). The van der Waals surface area contributed by atoms with E-state index in [9.17, 15) is 9.90 Å². The number of aromatic nitrogens is 1. The Balaban J connectivity index is 1.68. The van der Waals surface area contributed by atoms with Crippen molar-refractivity contribution in [2.75, 3.05) is 0 Å². The molecule has 0 bridgehead atoms. The van der Waals surface area contributed by atoms with Gasteiger partial charge in [0.2, 0.25) is 0 Å². The van der Waals surface area contributed by atoms with E-state index >= 15 is 0 Å². The van der Waals surface area contributed by atoms with Gasteiger partial charge in [-0.25, -0.2) is 10.4 Å². The van der Waals surface area contributed by atoms with Gasteiger partial charge in [0.1, 0.15) is 5.75 Å². The zero-order valence-corrected chi connectivity index (χ0v) is 18.7. The van der Waals surface area contributed by atoms with Gasteiger partial charge in [0, 0.05) is 21.0 Å². The maximum absolute atomic E-state index is 12.9. The van der Waals surface area contributed by atoms with Gasteiger partial charge in [0.25, 0.3) is 5.91 Å². The molecule has 2 N–H and O–H groups in total. The Kier molecular flexibility index (Phi) is 5.92. The molecule has 0 radical (unpaired) electrons. The van der Waals surface area contributed by atoms with Gasteiger partial charge in [-0.1, -0.05) is 64.5 Å². The fourth-order valence-corrected chi connectivity index (χ4v) is 4.28. The summed E-state index contributed by atoms with van der Waals surface area (Å²) in [6, 6.07) is 22.4. The Bertz CT molecular complexity index is 1270. The van der Waals surface area contributed by atoms with E-state index in [4.69, 9.17) is 0 Å². The van der Waals surface area contributed by atoms with Crippen molar-refractivity contribution in [1.82, 2.24) is 10.4 Å². The summed E-state index contributed by atoms with van der Waals surface area (Å²) in [7, 11) is 0. The van der Waals surface area contributed by atoms with Crippen LogP contribution in [-0.4, -0.2) is 22.2 Å². The van der Waals surface area contributed by atoms with E-state index in [2.05, 4.69) is 47.4 Å². The summed E-state index contributed by atoms with van der Waals surface area (Å²) in [4.78, 5) is 17.6. The summed E-state index contributed by atoms with van der Waals surface area (Å²) < 4.78 is 1.30. The number of carbonyl (C=O) groups excluding carboxylic acids is 1. The first-order valence-electron chi connectivity index (χ1n) is 8.99. The maximum atomic E-state index is 12.9. The Morgan fingerprint density at radius 3 is 2.53 bits per heavy atom. The quantitative estimate of drug-likeness (QED) is 0.258. The van der Waals surface area contributed by atoms with Crippen LogP contribution in [0.5, 0.6) is 5.75 Å². The van der Waals surface area contributed by atoms with Gasteiger partial charge in [-0.05, 0) is 40.2 Å². The number of pyridine rings is 1. The van der Waals surface area contributed by atoms with Crippen LogP contribution in [0.15, 0.2) is 86.8 Å². The van der Waals surface area contributed by atoms with Crippen molar-refractivity contribution < 1.29 is 9.90 Å². The van der Waals surface area contributed by atoms with Crippen molar-refractivity contribution in [1.29, 1.82) is 0 Å². The second-order valence-corrected chi connectivity index (χ2v) is 8.23. The van der Waals surface area contributed by atoms with Gasteiger partial charge in [0.05, 0.1) is 27.5 Å². The lowest BCUT2D eigenvalue weighted by atomic mass is 10.0. The van der Waals surface area contributed by atoms with Crippen molar-refractivity contribution in [3.05, 3.63) is 92.9 Å². The number of amides is 1. The van der Waals surface area contributed by atoms with Gasteiger partial charge in [-0.15, -0.1) is 0 Å². The van der Waals surface area contributed by atoms with E-state index < -0.39 is 0 Å². The molecule has 4 rings (SSSR count). The minimum Gasteiger partial charge on any atom is -0.506 e. The zero-order chi connectivity index (χ0) is 21.1. The van der Waals surface area contributed by atoms with Gasteiger partial charge in [0.15, 0.2) is 0 Å². The lowest BCUT2D eigenvalue weighted by molar-refractivity contribution is 0.0956. The van der Waals surface area contributed by atoms with Crippen molar-refractivity contribution in [3.8, 4) is 17.0 Å². The molecule has 5 nitrogen and oxygen atoms in total. The van der Waals surface area contributed by atoms with Crippen LogP contribution in [0, 0.1) is 0 Å². The van der Waals surface area contributed by atoms with Crippen LogP contribution in [0.3, 0.4) is 0 Å². The highest BCUT2D eigenvalue weighted by molar-refractivity contribution is 9.11. The first-order chi connectivity index (χ1) is 14.5. The van der Waals surface area contributed by atoms with E-state index in [-0.39, 0.29) is 11.7 Å². The first kappa shape index (κ1) is 20.3. The fourth-order valence-electron chi connectivity index (χ4n) is 3.03. The third-order valence-corrected chi connectivity index (χ3v) is 5.52. The molecule has 30 heavy (non-hydrogen) atoms. The summed E-state index contributed by atoms with van der Waals surface area (Å²) in [6.07, 6.45) is 1.39. The normalized spacial score (nSPS) is 11.1. The molecule has 0 saturated carbocycles. The maximum Gasteiger partial charge on any atom is 0.272 e. The molecule has 1 amide bonds. The number of phenolic OH excluding ortho intramolecular Hbond substituents is 1. The predicted molar refractivity (Wildman–Crippen MR) is 126 cm³/mol. The average molecular weight is 525 g/mol. The van der Waals surface area contributed by atoms with Crippen LogP contribution < -0.4 is 5.43 Å². The second-order valence-electron chi connectivity index (χ2n) is 6.46. The predicted octanol–water partition coefficient (Wildman–Crippen LogP) is 5.90. The Labute approximate surface area is 189 Å². The van der Waals surface area contributed by atoms with E-state index in [1.165, 1.54) is 6.21 Å². The third kappa shape index (κ3) is 4.27. The second kappa shape index (κ2) is 8.77. The number of halogens is 2. The molecule has 1 heterocycles. The van der Waals surface area contributed by atoms with Crippen molar-refractivity contribution in [2.24, 2.45) is 5.10 Å². The topological polar surface area (TPSA) is 74.6 Å². The monoisotopic (exact) mass is 523 g/mol. The van der Waals surface area contributed by atoms with Crippen LogP contribution in [0.4, 0.5) is 0 Å². The van der Waals surface area contributed by atoms with Crippen LogP contribution in [0.1, 0.15) is 15.9 Å². The molecule has 0 unspecified atom stereocenters. The molecule has 0 spiro atoms. The van der Waals surface area contributed by atoms with E-state index in [1.807, 2.05) is 54.6 Å². The molecule has 0 atom stereocenters. The minimum atomic E-state index is -0.365. The summed E-state index contributed by atoms with van der Waals surface area (Å²) in [5, 5.41) is 14.9. The number of rotatable bonds is 4. The SMILES string of the molecule is O=C(NN=Cc1cc(Br)cc(Br)c1O)c1cc(-c2ccccc2)nc2ccccc12. The number of fused-ring (bicyclic) bond motifs is 1. The Morgan fingerprint density at radius 2 is 1.73 bits per heavy atom. The number of carbonyl (C=O) groups is 1. The van der Waals surface area contributed by atoms with Crippen LogP contribution in [0.25, 0.3) is 22.2 Å². The van der Waals surface area contributed by atoms with Crippen LogP contribution in [-0.2, 0) is 0 Å². The number of hydrazone groups is 1. The molecule has 0 aliphatic carbocycles. The van der Waals surface area contributed by atoms with E-state index in [0.717, 1.165) is 20.9 Å². The number of nitrogens with zero attached hydrogens (tertiary/aromatic N) is 2. The molecule has 3 aromatic carbocycles. The lowest BCUT2D eigenvalue weighted by Crippen LogP contribution is -2.18. The van der Waals surface area contributed by atoms with Crippen molar-refractivity contribution in [3.63, 3.8) is 0 Å². The molecule has 0 aliphatic rings. The number of phenols is 1.